The van der Waals surface area contributed by atoms with Crippen LogP contribution in [0.5, 0.6) is 0 Å². The highest BCUT2D eigenvalue weighted by atomic mass is 79.9. The normalized spacial score (nSPS) is 10.9. The maximum absolute atomic E-state index is 12.2. The number of nitrogens with two attached hydrogens (primary N) is 1. The van der Waals surface area contributed by atoms with Gasteiger partial charge >= 0.3 is 5.97 Å². The second-order valence-electron chi connectivity index (χ2n) is 4.90. The van der Waals surface area contributed by atoms with E-state index in [4.69, 9.17) is 10.5 Å². The quantitative estimate of drug-likeness (QED) is 0.837. The predicted molar refractivity (Wildman–Crippen MR) is 83.9 cm³/mol. The molecule has 0 amide bonds. The van der Waals surface area contributed by atoms with Gasteiger partial charge in [-0.25, -0.2) is 4.79 Å². The number of rotatable bonds is 5. The number of hydrogen-bond acceptors (Lipinski definition) is 4. The molecule has 0 aliphatic heterocycles. The van der Waals surface area contributed by atoms with Crippen molar-refractivity contribution in [2.45, 2.75) is 33.4 Å². The number of hydrogen-bond donors (Lipinski definition) is 1. The molecule has 114 valence electrons. The van der Waals surface area contributed by atoms with E-state index in [2.05, 4.69) is 21.0 Å². The van der Waals surface area contributed by atoms with E-state index in [0.29, 0.717) is 11.4 Å². The SMILES string of the molecule is CCCn1cc(N)cc1C(=O)OCc1c(Br)c(C)nn1C. The number of carbonyl (C=O) groups excluding carboxylic acids is 1. The van der Waals surface area contributed by atoms with Crippen molar-refractivity contribution in [3.05, 3.63) is 33.8 Å². The van der Waals surface area contributed by atoms with Gasteiger partial charge in [0.2, 0.25) is 0 Å². The largest absolute Gasteiger partial charge is 0.454 e. The Morgan fingerprint density at radius 3 is 2.81 bits per heavy atom. The Morgan fingerprint density at radius 1 is 1.52 bits per heavy atom. The van der Waals surface area contributed by atoms with Gasteiger partial charge in [-0.2, -0.15) is 5.10 Å². The number of esters is 1. The number of carbonyl (C=O) groups is 1. The molecule has 2 rings (SSSR count). The molecule has 21 heavy (non-hydrogen) atoms. The van der Waals surface area contributed by atoms with Gasteiger partial charge in [0, 0.05) is 19.8 Å². The fourth-order valence-corrected chi connectivity index (χ4v) is 2.62. The smallest absolute Gasteiger partial charge is 0.355 e. The Bertz CT molecular complexity index is 660. The number of aryl methyl sites for hydroxylation is 3. The Balaban J connectivity index is 2.12. The number of nitrogens with zero attached hydrogens (tertiary/aromatic N) is 3. The third-order valence-corrected chi connectivity index (χ3v) is 4.22. The first-order valence-electron chi connectivity index (χ1n) is 6.74. The van der Waals surface area contributed by atoms with Crippen LogP contribution < -0.4 is 5.73 Å². The molecule has 0 aliphatic carbocycles. The highest BCUT2D eigenvalue weighted by Gasteiger charge is 2.17. The maximum Gasteiger partial charge on any atom is 0.355 e. The van der Waals surface area contributed by atoms with Gasteiger partial charge in [0.05, 0.1) is 21.5 Å². The van der Waals surface area contributed by atoms with Crippen LogP contribution in [-0.4, -0.2) is 20.3 Å². The zero-order valence-corrected chi connectivity index (χ0v) is 14.0. The van der Waals surface area contributed by atoms with Gasteiger partial charge in [0.15, 0.2) is 0 Å². The first kappa shape index (κ1) is 15.6. The Morgan fingerprint density at radius 2 is 2.24 bits per heavy atom. The number of aromatic nitrogens is 3. The van der Waals surface area contributed by atoms with Gasteiger partial charge in [0.1, 0.15) is 12.3 Å². The molecule has 0 spiro atoms. The Kier molecular flexibility index (Phi) is 4.72. The lowest BCUT2D eigenvalue weighted by molar-refractivity contribution is 0.0450. The van der Waals surface area contributed by atoms with Gasteiger partial charge in [-0.05, 0) is 35.3 Å². The average molecular weight is 355 g/mol. The lowest BCUT2D eigenvalue weighted by atomic mass is 10.3. The van der Waals surface area contributed by atoms with Crippen molar-refractivity contribution >= 4 is 27.6 Å². The molecule has 2 heterocycles. The highest BCUT2D eigenvalue weighted by molar-refractivity contribution is 9.10. The summed E-state index contributed by atoms with van der Waals surface area (Å²) in [5.41, 5.74) is 8.48. The average Bonchev–Trinajstić information content (AvgIpc) is 2.90. The van der Waals surface area contributed by atoms with Crippen LogP contribution in [0.15, 0.2) is 16.7 Å². The molecular formula is C14H19BrN4O2. The zero-order chi connectivity index (χ0) is 15.6. The highest BCUT2D eigenvalue weighted by Crippen LogP contribution is 2.21. The molecule has 0 saturated heterocycles. The molecule has 2 aromatic rings. The number of ether oxygens (including phenoxy) is 1. The van der Waals surface area contributed by atoms with Gasteiger partial charge in [-0.3, -0.25) is 4.68 Å². The van der Waals surface area contributed by atoms with E-state index < -0.39 is 0 Å². The van der Waals surface area contributed by atoms with E-state index in [9.17, 15) is 4.79 Å². The van der Waals surface area contributed by atoms with Crippen molar-refractivity contribution in [3.8, 4) is 0 Å². The van der Waals surface area contributed by atoms with Gasteiger partial charge in [-0.15, -0.1) is 0 Å². The van der Waals surface area contributed by atoms with Crippen molar-refractivity contribution in [1.82, 2.24) is 14.3 Å². The molecule has 2 N–H and O–H groups in total. The second-order valence-corrected chi connectivity index (χ2v) is 5.69. The third-order valence-electron chi connectivity index (χ3n) is 3.19. The minimum Gasteiger partial charge on any atom is -0.454 e. The van der Waals surface area contributed by atoms with Crippen LogP contribution in [-0.2, 0) is 24.9 Å². The van der Waals surface area contributed by atoms with E-state index in [0.717, 1.165) is 28.8 Å². The molecule has 7 heteroatoms. The number of anilines is 1. The van der Waals surface area contributed by atoms with E-state index in [1.54, 1.807) is 16.9 Å². The van der Waals surface area contributed by atoms with Crippen LogP contribution in [0.1, 0.15) is 35.2 Å². The van der Waals surface area contributed by atoms with Crippen LogP contribution in [0.25, 0.3) is 0 Å². The Labute approximate surface area is 132 Å². The van der Waals surface area contributed by atoms with E-state index >= 15 is 0 Å². The number of halogens is 1. The zero-order valence-electron chi connectivity index (χ0n) is 12.4. The molecule has 0 bridgehead atoms. The van der Waals surface area contributed by atoms with Crippen molar-refractivity contribution in [2.24, 2.45) is 7.05 Å². The molecule has 2 aromatic heterocycles. The van der Waals surface area contributed by atoms with E-state index in [-0.39, 0.29) is 12.6 Å². The third kappa shape index (κ3) is 3.29. The van der Waals surface area contributed by atoms with Crippen LogP contribution >= 0.6 is 15.9 Å². The monoisotopic (exact) mass is 354 g/mol. The van der Waals surface area contributed by atoms with E-state index in [1.165, 1.54) is 0 Å². The second kappa shape index (κ2) is 6.34. The first-order valence-corrected chi connectivity index (χ1v) is 7.54. The lowest BCUT2D eigenvalue weighted by Gasteiger charge is -2.08. The fourth-order valence-electron chi connectivity index (χ4n) is 2.17. The summed E-state index contributed by atoms with van der Waals surface area (Å²) in [6, 6.07) is 1.64. The summed E-state index contributed by atoms with van der Waals surface area (Å²) in [4.78, 5) is 12.2. The van der Waals surface area contributed by atoms with Crippen molar-refractivity contribution < 1.29 is 9.53 Å². The fraction of sp³-hybridized carbons (Fsp3) is 0.429. The molecule has 0 unspecified atom stereocenters. The molecule has 0 radical (unpaired) electrons. The van der Waals surface area contributed by atoms with Gasteiger partial charge in [-0.1, -0.05) is 6.92 Å². The van der Waals surface area contributed by atoms with Crippen LogP contribution in [0.3, 0.4) is 0 Å². The van der Waals surface area contributed by atoms with Crippen molar-refractivity contribution in [2.75, 3.05) is 5.73 Å². The minimum absolute atomic E-state index is 0.161. The van der Waals surface area contributed by atoms with Crippen molar-refractivity contribution in [3.63, 3.8) is 0 Å². The van der Waals surface area contributed by atoms with Gasteiger partial charge < -0.3 is 15.0 Å². The molecule has 0 aliphatic rings. The molecular weight excluding hydrogens is 336 g/mol. The summed E-state index contributed by atoms with van der Waals surface area (Å²) in [5, 5.41) is 4.27. The molecule has 0 fully saturated rings. The lowest BCUT2D eigenvalue weighted by Crippen LogP contribution is -2.13. The summed E-state index contributed by atoms with van der Waals surface area (Å²) in [6.45, 7) is 4.83. The standard InChI is InChI=1S/C14H19BrN4O2/c1-4-5-19-7-10(16)6-11(19)14(20)21-8-12-13(15)9(2)17-18(12)3/h6-7H,4-5,8,16H2,1-3H3. The Hall–Kier alpha value is -1.76. The molecule has 6 nitrogen and oxygen atoms in total. The summed E-state index contributed by atoms with van der Waals surface area (Å²) in [6.07, 6.45) is 2.67. The van der Waals surface area contributed by atoms with Crippen LogP contribution in [0.2, 0.25) is 0 Å². The van der Waals surface area contributed by atoms with E-state index in [1.807, 2.05) is 25.5 Å². The summed E-state index contributed by atoms with van der Waals surface area (Å²) in [5.74, 6) is -0.383. The summed E-state index contributed by atoms with van der Waals surface area (Å²) in [7, 11) is 1.82. The maximum atomic E-state index is 12.2. The summed E-state index contributed by atoms with van der Waals surface area (Å²) >= 11 is 3.45. The topological polar surface area (TPSA) is 75.1 Å². The predicted octanol–water partition coefficient (Wildman–Crippen LogP) is 2.64. The molecule has 0 atom stereocenters. The van der Waals surface area contributed by atoms with Crippen molar-refractivity contribution in [1.29, 1.82) is 0 Å². The van der Waals surface area contributed by atoms with Crippen LogP contribution in [0.4, 0.5) is 5.69 Å². The first-order chi connectivity index (χ1) is 9.93. The van der Waals surface area contributed by atoms with Crippen LogP contribution in [0, 0.1) is 6.92 Å². The number of nitrogen functional groups attached to an aromatic ring is 1. The van der Waals surface area contributed by atoms with Gasteiger partial charge in [0.25, 0.3) is 0 Å². The summed E-state index contributed by atoms with van der Waals surface area (Å²) < 4.78 is 9.77. The molecule has 0 aromatic carbocycles. The molecule has 0 saturated carbocycles. The minimum atomic E-state index is -0.383.